The lowest BCUT2D eigenvalue weighted by atomic mass is 10.1. The molecule has 1 aliphatic carbocycles. The van der Waals surface area contributed by atoms with E-state index in [9.17, 15) is 4.79 Å². The van der Waals surface area contributed by atoms with Crippen LogP contribution in [-0.2, 0) is 6.54 Å². The minimum Gasteiger partial charge on any atom is -0.478 e. The molecule has 0 unspecified atom stereocenters. The van der Waals surface area contributed by atoms with Crippen molar-refractivity contribution in [1.29, 1.82) is 0 Å². The van der Waals surface area contributed by atoms with Gasteiger partial charge in [-0.15, -0.1) is 0 Å². The van der Waals surface area contributed by atoms with Crippen molar-refractivity contribution in [3.63, 3.8) is 0 Å². The lowest BCUT2D eigenvalue weighted by molar-refractivity contribution is 0.0692. The second-order valence-electron chi connectivity index (χ2n) is 5.45. The van der Waals surface area contributed by atoms with Gasteiger partial charge >= 0.3 is 5.97 Å². The fourth-order valence-electron chi connectivity index (χ4n) is 2.09. The van der Waals surface area contributed by atoms with Gasteiger partial charge in [0.1, 0.15) is 11.3 Å². The molecule has 0 aromatic carbocycles. The molecule has 0 atom stereocenters. The van der Waals surface area contributed by atoms with Gasteiger partial charge in [-0.1, -0.05) is 13.8 Å². The van der Waals surface area contributed by atoms with Crippen LogP contribution in [0.2, 0.25) is 0 Å². The Kier molecular flexibility index (Phi) is 4.07. The van der Waals surface area contributed by atoms with Crippen molar-refractivity contribution in [1.82, 2.24) is 4.90 Å². The first-order valence-electron chi connectivity index (χ1n) is 6.61. The molecule has 1 fully saturated rings. The van der Waals surface area contributed by atoms with Crippen LogP contribution in [0.15, 0.2) is 16.7 Å². The first-order valence-corrected chi connectivity index (χ1v) is 6.61. The van der Waals surface area contributed by atoms with Crippen LogP contribution in [0.25, 0.3) is 0 Å². The molecule has 0 radical (unpaired) electrons. The Morgan fingerprint density at radius 1 is 1.56 bits per heavy atom. The Hall–Kier alpha value is -1.29. The minimum atomic E-state index is -0.904. The van der Waals surface area contributed by atoms with Gasteiger partial charge in [-0.25, -0.2) is 4.79 Å². The molecule has 1 aromatic heterocycles. The van der Waals surface area contributed by atoms with Crippen LogP contribution >= 0.6 is 0 Å². The third kappa shape index (κ3) is 3.35. The molecule has 4 heteroatoms. The number of carboxylic acid groups (broad SMARTS) is 1. The average Bonchev–Trinajstić information content (AvgIpc) is 3.03. The quantitative estimate of drug-likeness (QED) is 0.809. The summed E-state index contributed by atoms with van der Waals surface area (Å²) in [5, 5.41) is 9.06. The Morgan fingerprint density at radius 2 is 2.28 bits per heavy atom. The summed E-state index contributed by atoms with van der Waals surface area (Å²) in [6.45, 7) is 6.05. The van der Waals surface area contributed by atoms with Crippen LogP contribution in [-0.4, -0.2) is 28.6 Å². The molecule has 100 valence electrons. The predicted molar refractivity (Wildman–Crippen MR) is 68.6 cm³/mol. The smallest absolute Gasteiger partial charge is 0.339 e. The second kappa shape index (κ2) is 5.57. The van der Waals surface area contributed by atoms with E-state index in [1.165, 1.54) is 25.2 Å². The van der Waals surface area contributed by atoms with Crippen LogP contribution in [0.4, 0.5) is 0 Å². The molecule has 4 nitrogen and oxygen atoms in total. The molecule has 0 bridgehead atoms. The van der Waals surface area contributed by atoms with E-state index in [-0.39, 0.29) is 0 Å². The van der Waals surface area contributed by atoms with Gasteiger partial charge in [0.25, 0.3) is 0 Å². The lowest BCUT2D eigenvalue weighted by Gasteiger charge is -2.22. The van der Waals surface area contributed by atoms with E-state index in [4.69, 9.17) is 9.52 Å². The van der Waals surface area contributed by atoms with Crippen molar-refractivity contribution in [3.8, 4) is 0 Å². The Balaban J connectivity index is 1.99. The highest BCUT2D eigenvalue weighted by Gasteiger charge is 2.30. The molecular formula is C14H21NO3. The van der Waals surface area contributed by atoms with Gasteiger partial charge in [0.2, 0.25) is 0 Å². The third-order valence-corrected chi connectivity index (χ3v) is 3.38. The maximum atomic E-state index is 11.0. The van der Waals surface area contributed by atoms with E-state index < -0.39 is 5.97 Å². The Morgan fingerprint density at radius 3 is 2.83 bits per heavy atom. The normalized spacial score (nSPS) is 15.6. The van der Waals surface area contributed by atoms with E-state index in [0.29, 0.717) is 29.8 Å². The summed E-state index contributed by atoms with van der Waals surface area (Å²) >= 11 is 0. The van der Waals surface area contributed by atoms with Gasteiger partial charge in [-0.2, -0.15) is 0 Å². The average molecular weight is 251 g/mol. The van der Waals surface area contributed by atoms with E-state index in [0.717, 1.165) is 13.0 Å². The van der Waals surface area contributed by atoms with Gasteiger partial charge < -0.3 is 9.52 Å². The van der Waals surface area contributed by atoms with Crippen LogP contribution < -0.4 is 0 Å². The monoisotopic (exact) mass is 251 g/mol. The number of aromatic carboxylic acids is 1. The van der Waals surface area contributed by atoms with Crippen molar-refractivity contribution < 1.29 is 14.3 Å². The SMILES string of the molecule is CC(C)CCN(Cc1occc1C(=O)O)C1CC1. The largest absolute Gasteiger partial charge is 0.478 e. The molecule has 0 amide bonds. The molecule has 0 aliphatic heterocycles. The van der Waals surface area contributed by atoms with E-state index in [1.54, 1.807) is 0 Å². The first kappa shape index (κ1) is 13.1. The molecule has 1 N–H and O–H groups in total. The summed E-state index contributed by atoms with van der Waals surface area (Å²) in [6, 6.07) is 2.15. The summed E-state index contributed by atoms with van der Waals surface area (Å²) in [4.78, 5) is 13.4. The van der Waals surface area contributed by atoms with Crippen molar-refractivity contribution >= 4 is 5.97 Å². The zero-order valence-electron chi connectivity index (χ0n) is 11.1. The predicted octanol–water partition coefficient (Wildman–Crippen LogP) is 2.99. The molecule has 2 rings (SSSR count). The number of furan rings is 1. The molecule has 0 saturated heterocycles. The third-order valence-electron chi connectivity index (χ3n) is 3.38. The van der Waals surface area contributed by atoms with Crippen molar-refractivity contribution in [3.05, 3.63) is 23.7 Å². The van der Waals surface area contributed by atoms with Crippen molar-refractivity contribution in [2.75, 3.05) is 6.54 Å². The number of rotatable bonds is 7. The maximum Gasteiger partial charge on any atom is 0.339 e. The Bertz CT molecular complexity index is 407. The lowest BCUT2D eigenvalue weighted by Crippen LogP contribution is -2.28. The standard InChI is InChI=1S/C14H21NO3/c1-10(2)5-7-15(11-3-4-11)9-13-12(14(16)17)6-8-18-13/h6,8,10-11H,3-5,7,9H2,1-2H3,(H,16,17). The van der Waals surface area contributed by atoms with E-state index >= 15 is 0 Å². The van der Waals surface area contributed by atoms with Crippen molar-refractivity contribution in [2.45, 2.75) is 45.7 Å². The minimum absolute atomic E-state index is 0.296. The summed E-state index contributed by atoms with van der Waals surface area (Å²) in [6.07, 6.45) is 5.05. The van der Waals surface area contributed by atoms with Crippen LogP contribution in [0, 0.1) is 5.92 Å². The number of carboxylic acids is 1. The van der Waals surface area contributed by atoms with Gasteiger partial charge in [-0.3, -0.25) is 4.90 Å². The molecule has 1 aliphatic rings. The second-order valence-corrected chi connectivity index (χ2v) is 5.45. The molecular weight excluding hydrogens is 230 g/mol. The highest BCUT2D eigenvalue weighted by atomic mass is 16.4. The van der Waals surface area contributed by atoms with Gasteiger partial charge in [0, 0.05) is 6.04 Å². The van der Waals surface area contributed by atoms with Crippen LogP contribution in [0.5, 0.6) is 0 Å². The summed E-state index contributed by atoms with van der Waals surface area (Å²) in [5.41, 5.74) is 0.296. The first-order chi connectivity index (χ1) is 8.58. The highest BCUT2D eigenvalue weighted by molar-refractivity contribution is 5.88. The molecule has 1 aromatic rings. The number of hydrogen-bond acceptors (Lipinski definition) is 3. The Labute approximate surface area is 108 Å². The van der Waals surface area contributed by atoms with Crippen LogP contribution in [0.3, 0.4) is 0 Å². The number of carbonyl (C=O) groups is 1. The summed E-state index contributed by atoms with van der Waals surface area (Å²) < 4.78 is 5.32. The fourth-order valence-corrected chi connectivity index (χ4v) is 2.09. The number of hydrogen-bond donors (Lipinski definition) is 1. The highest BCUT2D eigenvalue weighted by Crippen LogP contribution is 2.29. The molecule has 0 spiro atoms. The van der Waals surface area contributed by atoms with Gasteiger partial charge in [-0.05, 0) is 37.8 Å². The topological polar surface area (TPSA) is 53.7 Å². The van der Waals surface area contributed by atoms with E-state index in [1.807, 2.05) is 0 Å². The molecule has 1 heterocycles. The number of nitrogens with zero attached hydrogens (tertiary/aromatic N) is 1. The summed E-state index contributed by atoms with van der Waals surface area (Å²) in [5.74, 6) is 0.346. The zero-order chi connectivity index (χ0) is 13.1. The fraction of sp³-hybridized carbons (Fsp3) is 0.643. The van der Waals surface area contributed by atoms with Crippen LogP contribution in [0.1, 0.15) is 49.2 Å². The van der Waals surface area contributed by atoms with E-state index in [2.05, 4.69) is 18.7 Å². The van der Waals surface area contributed by atoms with Gasteiger partial charge in [0.05, 0.1) is 12.8 Å². The van der Waals surface area contributed by atoms with Crippen molar-refractivity contribution in [2.24, 2.45) is 5.92 Å². The summed E-state index contributed by atoms with van der Waals surface area (Å²) in [7, 11) is 0. The van der Waals surface area contributed by atoms with Gasteiger partial charge in [0.15, 0.2) is 0 Å². The maximum absolute atomic E-state index is 11.0. The zero-order valence-corrected chi connectivity index (χ0v) is 11.1. The molecule has 18 heavy (non-hydrogen) atoms. The molecule has 1 saturated carbocycles.